The summed E-state index contributed by atoms with van der Waals surface area (Å²) >= 11 is 6.25. The van der Waals surface area contributed by atoms with Crippen LogP contribution in [0.3, 0.4) is 0 Å². The van der Waals surface area contributed by atoms with Crippen molar-refractivity contribution in [3.63, 3.8) is 0 Å². The summed E-state index contributed by atoms with van der Waals surface area (Å²) in [4.78, 5) is 0. The topological polar surface area (TPSA) is 29.9 Å². The van der Waals surface area contributed by atoms with E-state index in [9.17, 15) is 0 Å². The molecule has 3 nitrogen and oxygen atoms in total. The number of halogens is 1. The zero-order valence-electron chi connectivity index (χ0n) is 11.7. The van der Waals surface area contributed by atoms with Crippen LogP contribution in [0.1, 0.15) is 29.9 Å². The number of aromatic nitrogens is 2. The van der Waals surface area contributed by atoms with Gasteiger partial charge in [0.25, 0.3) is 0 Å². The van der Waals surface area contributed by atoms with Crippen LogP contribution >= 0.6 is 11.6 Å². The monoisotopic (exact) mass is 277 g/mol. The summed E-state index contributed by atoms with van der Waals surface area (Å²) in [6.45, 7) is 5.05. The fourth-order valence-electron chi connectivity index (χ4n) is 2.37. The molecule has 1 aromatic heterocycles. The lowest BCUT2D eigenvalue weighted by molar-refractivity contribution is 0.507. The molecule has 0 radical (unpaired) electrons. The minimum Gasteiger partial charge on any atom is -0.309 e. The van der Waals surface area contributed by atoms with Gasteiger partial charge in [-0.2, -0.15) is 5.10 Å². The van der Waals surface area contributed by atoms with E-state index in [1.54, 1.807) is 0 Å². The van der Waals surface area contributed by atoms with Crippen LogP contribution < -0.4 is 5.32 Å². The number of nitrogens with one attached hydrogen (secondary N) is 1. The molecular weight excluding hydrogens is 258 g/mol. The Hall–Kier alpha value is -1.32. The molecule has 0 aliphatic heterocycles. The lowest BCUT2D eigenvalue weighted by Gasteiger charge is -2.19. The normalized spacial score (nSPS) is 12.6. The molecule has 0 saturated heterocycles. The lowest BCUT2D eigenvalue weighted by atomic mass is 10.0. The Morgan fingerprint density at radius 3 is 2.68 bits per heavy atom. The minimum absolute atomic E-state index is 0.232. The van der Waals surface area contributed by atoms with E-state index in [4.69, 9.17) is 11.6 Å². The molecule has 0 bridgehead atoms. The summed E-state index contributed by atoms with van der Waals surface area (Å²) in [5.74, 6) is 0. The second kappa shape index (κ2) is 6.22. The molecule has 0 amide bonds. The first-order valence-corrected chi connectivity index (χ1v) is 6.97. The third-order valence-electron chi connectivity index (χ3n) is 3.23. The van der Waals surface area contributed by atoms with E-state index < -0.39 is 0 Å². The number of likely N-dealkylation sites (N-methyl/N-ethyl adjacent to an activating group) is 1. The van der Waals surface area contributed by atoms with Crippen LogP contribution in [0.25, 0.3) is 0 Å². The quantitative estimate of drug-likeness (QED) is 0.909. The summed E-state index contributed by atoms with van der Waals surface area (Å²) in [6.07, 6.45) is 0.868. The van der Waals surface area contributed by atoms with Crippen molar-refractivity contribution in [1.29, 1.82) is 0 Å². The summed E-state index contributed by atoms with van der Waals surface area (Å²) in [5.41, 5.74) is 3.40. The maximum atomic E-state index is 6.25. The van der Waals surface area contributed by atoms with Crippen molar-refractivity contribution in [2.45, 2.75) is 26.3 Å². The fourth-order valence-corrected chi connectivity index (χ4v) is 2.58. The third kappa shape index (κ3) is 3.37. The van der Waals surface area contributed by atoms with Crippen LogP contribution in [0.15, 0.2) is 30.3 Å². The maximum Gasteiger partial charge on any atom is 0.0597 e. The Labute approximate surface area is 119 Å². The summed E-state index contributed by atoms with van der Waals surface area (Å²) in [6, 6.07) is 10.4. The highest BCUT2D eigenvalue weighted by molar-refractivity contribution is 6.31. The molecule has 0 aliphatic carbocycles. The van der Waals surface area contributed by atoms with E-state index in [0.717, 1.165) is 29.2 Å². The number of rotatable bonds is 5. The highest BCUT2D eigenvalue weighted by Gasteiger charge is 2.16. The molecule has 1 heterocycles. The van der Waals surface area contributed by atoms with Gasteiger partial charge in [-0.15, -0.1) is 0 Å². The number of aryl methyl sites for hydroxylation is 2. The van der Waals surface area contributed by atoms with Crippen molar-refractivity contribution in [3.8, 4) is 0 Å². The summed E-state index contributed by atoms with van der Waals surface area (Å²) in [7, 11) is 1.99. The first-order chi connectivity index (χ1) is 9.11. The van der Waals surface area contributed by atoms with Crippen molar-refractivity contribution >= 4 is 11.6 Å². The van der Waals surface area contributed by atoms with E-state index in [-0.39, 0.29) is 6.04 Å². The molecule has 2 aromatic rings. The van der Waals surface area contributed by atoms with Gasteiger partial charge in [0.15, 0.2) is 0 Å². The van der Waals surface area contributed by atoms with Gasteiger partial charge in [0.1, 0.15) is 0 Å². The Kier molecular flexibility index (Phi) is 4.61. The van der Waals surface area contributed by atoms with Gasteiger partial charge < -0.3 is 5.32 Å². The molecule has 0 aliphatic rings. The predicted molar refractivity (Wildman–Crippen MR) is 79.5 cm³/mol. The maximum absolute atomic E-state index is 6.25. The van der Waals surface area contributed by atoms with Gasteiger partial charge in [0, 0.05) is 12.1 Å². The molecule has 19 heavy (non-hydrogen) atoms. The second-order valence-corrected chi connectivity index (χ2v) is 5.15. The highest BCUT2D eigenvalue weighted by Crippen LogP contribution is 2.23. The van der Waals surface area contributed by atoms with Crippen LogP contribution in [-0.4, -0.2) is 16.3 Å². The molecule has 4 heteroatoms. The molecule has 2 rings (SSSR count). The zero-order valence-corrected chi connectivity index (χ0v) is 12.4. The third-order valence-corrected chi connectivity index (χ3v) is 3.60. The average molecular weight is 278 g/mol. The van der Waals surface area contributed by atoms with Gasteiger partial charge in [-0.25, -0.2) is 0 Å². The van der Waals surface area contributed by atoms with Crippen molar-refractivity contribution in [2.75, 3.05) is 6.54 Å². The molecule has 1 unspecified atom stereocenters. The van der Waals surface area contributed by atoms with Gasteiger partial charge in [-0.05, 0) is 37.6 Å². The van der Waals surface area contributed by atoms with Gasteiger partial charge in [-0.3, -0.25) is 4.68 Å². The second-order valence-electron chi connectivity index (χ2n) is 4.74. The smallest absolute Gasteiger partial charge is 0.0597 e. The van der Waals surface area contributed by atoms with Gasteiger partial charge >= 0.3 is 0 Å². The van der Waals surface area contributed by atoms with E-state index in [1.807, 2.05) is 36.9 Å². The first-order valence-electron chi connectivity index (χ1n) is 6.59. The SMILES string of the molecule is CCNC(Cc1ccccc1Cl)c1cc(C)nn1C. The van der Waals surface area contributed by atoms with Crippen LogP contribution in [-0.2, 0) is 13.5 Å². The molecule has 1 aromatic carbocycles. The van der Waals surface area contributed by atoms with E-state index in [0.29, 0.717) is 0 Å². The van der Waals surface area contributed by atoms with E-state index in [1.165, 1.54) is 5.69 Å². The lowest BCUT2D eigenvalue weighted by Crippen LogP contribution is -2.25. The van der Waals surface area contributed by atoms with Crippen molar-refractivity contribution in [3.05, 3.63) is 52.3 Å². The van der Waals surface area contributed by atoms with Gasteiger partial charge in [0.05, 0.1) is 17.4 Å². The standard InChI is InChI=1S/C15H20ClN3/c1-4-17-14(15-9-11(2)18-19(15)3)10-12-7-5-6-8-13(12)16/h5-9,14,17H,4,10H2,1-3H3. The number of benzene rings is 1. The van der Waals surface area contributed by atoms with Crippen LogP contribution in [0.5, 0.6) is 0 Å². The predicted octanol–water partition coefficient (Wildman–Crippen LogP) is 3.28. The van der Waals surface area contributed by atoms with Crippen molar-refractivity contribution < 1.29 is 0 Å². The van der Waals surface area contributed by atoms with Crippen LogP contribution in [0.4, 0.5) is 0 Å². The number of hydrogen-bond acceptors (Lipinski definition) is 2. The molecular formula is C15H20ClN3. The van der Waals surface area contributed by atoms with Crippen molar-refractivity contribution in [1.82, 2.24) is 15.1 Å². The average Bonchev–Trinajstić information content (AvgIpc) is 2.70. The minimum atomic E-state index is 0.232. The number of nitrogens with zero attached hydrogens (tertiary/aromatic N) is 2. The van der Waals surface area contributed by atoms with E-state index >= 15 is 0 Å². The van der Waals surface area contributed by atoms with Gasteiger partial charge in [-0.1, -0.05) is 36.7 Å². The summed E-state index contributed by atoms with van der Waals surface area (Å²) in [5, 5.41) is 8.75. The molecule has 102 valence electrons. The summed E-state index contributed by atoms with van der Waals surface area (Å²) < 4.78 is 1.94. The Bertz CT molecular complexity index is 548. The molecule has 1 atom stereocenters. The molecule has 0 spiro atoms. The van der Waals surface area contributed by atoms with Crippen molar-refractivity contribution in [2.24, 2.45) is 7.05 Å². The molecule has 0 fully saturated rings. The highest BCUT2D eigenvalue weighted by atomic mass is 35.5. The Morgan fingerprint density at radius 1 is 1.37 bits per heavy atom. The fraction of sp³-hybridized carbons (Fsp3) is 0.400. The Balaban J connectivity index is 2.26. The largest absolute Gasteiger partial charge is 0.309 e. The zero-order chi connectivity index (χ0) is 13.8. The van der Waals surface area contributed by atoms with Crippen LogP contribution in [0.2, 0.25) is 5.02 Å². The van der Waals surface area contributed by atoms with E-state index in [2.05, 4.69) is 29.5 Å². The first kappa shape index (κ1) is 14.1. The van der Waals surface area contributed by atoms with Crippen LogP contribution in [0, 0.1) is 6.92 Å². The Morgan fingerprint density at radius 2 is 2.11 bits per heavy atom. The number of hydrogen-bond donors (Lipinski definition) is 1. The van der Waals surface area contributed by atoms with Gasteiger partial charge in [0.2, 0.25) is 0 Å². The molecule has 1 N–H and O–H groups in total. The molecule has 0 saturated carbocycles.